The van der Waals surface area contributed by atoms with Crippen LogP contribution in [0.5, 0.6) is 0 Å². The van der Waals surface area contributed by atoms with Gasteiger partial charge < -0.3 is 20.7 Å². The van der Waals surface area contributed by atoms with Crippen LogP contribution in [0.1, 0.15) is 135 Å². The Labute approximate surface area is 331 Å². The molecule has 0 bridgehead atoms. The molecule has 55 heavy (non-hydrogen) atoms. The average Bonchev–Trinajstić information content (AvgIpc) is 3.51. The quantitative estimate of drug-likeness (QED) is 0.182. The fourth-order valence-electron chi connectivity index (χ4n) is 12.7. The summed E-state index contributed by atoms with van der Waals surface area (Å²) in [5, 5.41) is 27.7. The minimum absolute atomic E-state index is 0.0449. The van der Waals surface area contributed by atoms with Gasteiger partial charge in [0.1, 0.15) is 6.33 Å². The van der Waals surface area contributed by atoms with E-state index in [4.69, 9.17) is 20.6 Å². The predicted octanol–water partition coefficient (Wildman–Crippen LogP) is 9.24. The molecule has 2 unspecified atom stereocenters. The number of carboxylic acid groups (broad SMARTS) is 1. The third-order valence-electron chi connectivity index (χ3n) is 17.6. The average molecular weight is 760 g/mol. The molecule has 6 rings (SSSR count). The zero-order valence-corrected chi connectivity index (χ0v) is 36.3. The summed E-state index contributed by atoms with van der Waals surface area (Å²) in [6, 6.07) is 3.62. The maximum atomic E-state index is 13.5. The van der Waals surface area contributed by atoms with E-state index < -0.39 is 28.9 Å². The molecule has 0 aliphatic heterocycles. The van der Waals surface area contributed by atoms with E-state index in [0.29, 0.717) is 30.3 Å². The molecule has 0 saturated heterocycles. The first-order valence-corrected chi connectivity index (χ1v) is 21.2. The lowest BCUT2D eigenvalue weighted by molar-refractivity contribution is -0.196. The molecule has 3 saturated carbocycles. The molecule has 0 aromatic carbocycles. The highest BCUT2D eigenvalue weighted by Gasteiger charge is 2.73. The number of fused-ring (bicyclic) bond motifs is 4. The fraction of sp³-hybridized carbons (Fsp3) is 0.783. The Morgan fingerprint density at radius 3 is 2.22 bits per heavy atom. The lowest BCUT2D eigenvalue weighted by atomic mass is 9.36. The molecule has 4 aliphatic carbocycles. The second kappa shape index (κ2) is 14.0. The predicted molar refractivity (Wildman–Crippen MR) is 219 cm³/mol. The van der Waals surface area contributed by atoms with Crippen molar-refractivity contribution in [2.75, 3.05) is 13.2 Å². The molecule has 3 fully saturated rings. The summed E-state index contributed by atoms with van der Waals surface area (Å²) in [6.07, 6.45) is 12.9. The van der Waals surface area contributed by atoms with Crippen LogP contribution in [0.2, 0.25) is 0 Å². The van der Waals surface area contributed by atoms with Crippen LogP contribution in [0.4, 0.5) is 0 Å². The Kier molecular flexibility index (Phi) is 10.7. The van der Waals surface area contributed by atoms with Crippen molar-refractivity contribution in [1.29, 1.82) is 0 Å². The van der Waals surface area contributed by atoms with Gasteiger partial charge in [-0.05, 0) is 121 Å². The largest absolute Gasteiger partial charge is 0.481 e. The van der Waals surface area contributed by atoms with Gasteiger partial charge in [-0.2, -0.15) is 5.10 Å². The minimum Gasteiger partial charge on any atom is -0.481 e. The number of allylic oxidation sites excluding steroid dienone is 2. The Balaban J connectivity index is 1.43. The van der Waals surface area contributed by atoms with Crippen molar-refractivity contribution in [3.8, 4) is 11.4 Å². The van der Waals surface area contributed by atoms with Crippen molar-refractivity contribution in [3.05, 3.63) is 42.5 Å². The summed E-state index contributed by atoms with van der Waals surface area (Å²) in [5.41, 5.74) is 7.07. The van der Waals surface area contributed by atoms with E-state index in [9.17, 15) is 15.0 Å². The van der Waals surface area contributed by atoms with Crippen molar-refractivity contribution in [3.63, 3.8) is 0 Å². The molecular formula is C46H73N5O4. The SMILES string of the molecule is CC(C)[C@@H](C)[C@@]1(C)CC[C@]2(C)[C@H]3CC[C@@H](C(C)(CO)[C@@H](OCC(C)(N)C(C)(C)C)[C@@H](C)n4ncnc4-c4ccncc4)[C@]4(C[C@H]4C)C3=CC[C@@]2(C)[C@@H]1C(=O)O. The highest BCUT2D eigenvalue weighted by atomic mass is 16.5. The molecule has 9 nitrogen and oxygen atoms in total. The number of aliphatic carboxylic acids is 1. The van der Waals surface area contributed by atoms with Gasteiger partial charge in [0.2, 0.25) is 0 Å². The number of carbonyl (C=O) groups is 1. The number of hydrogen-bond acceptors (Lipinski definition) is 7. The summed E-state index contributed by atoms with van der Waals surface area (Å²) < 4.78 is 9.13. The molecule has 13 atom stereocenters. The van der Waals surface area contributed by atoms with Crippen molar-refractivity contribution >= 4 is 5.97 Å². The number of pyridine rings is 1. The first-order chi connectivity index (χ1) is 25.5. The maximum absolute atomic E-state index is 13.5. The van der Waals surface area contributed by atoms with Crippen LogP contribution in [0.25, 0.3) is 11.4 Å². The van der Waals surface area contributed by atoms with Crippen molar-refractivity contribution < 1.29 is 19.7 Å². The molecule has 4 N–H and O–H groups in total. The summed E-state index contributed by atoms with van der Waals surface area (Å²) in [5.74, 6) is 1.27. The number of aromatic nitrogens is 4. The summed E-state index contributed by atoms with van der Waals surface area (Å²) in [4.78, 5) is 22.5. The van der Waals surface area contributed by atoms with Crippen LogP contribution in [0.15, 0.2) is 42.5 Å². The number of hydrogen-bond donors (Lipinski definition) is 3. The van der Waals surface area contributed by atoms with Gasteiger partial charge in [0, 0.05) is 28.9 Å². The van der Waals surface area contributed by atoms with Gasteiger partial charge in [0.15, 0.2) is 5.82 Å². The van der Waals surface area contributed by atoms with Crippen LogP contribution >= 0.6 is 0 Å². The molecule has 2 aromatic heterocycles. The minimum atomic E-state index is -0.658. The number of aliphatic hydroxyl groups is 1. The van der Waals surface area contributed by atoms with Crippen LogP contribution in [0, 0.1) is 68.0 Å². The van der Waals surface area contributed by atoms with Crippen LogP contribution in [-0.2, 0) is 9.53 Å². The van der Waals surface area contributed by atoms with Gasteiger partial charge in [-0.25, -0.2) is 9.67 Å². The number of nitrogens with zero attached hydrogens (tertiary/aromatic N) is 4. The number of ether oxygens (including phenoxy) is 1. The van der Waals surface area contributed by atoms with Crippen molar-refractivity contribution in [1.82, 2.24) is 19.7 Å². The smallest absolute Gasteiger partial charge is 0.307 e. The van der Waals surface area contributed by atoms with E-state index in [-0.39, 0.29) is 45.6 Å². The molecule has 306 valence electrons. The van der Waals surface area contributed by atoms with Crippen LogP contribution < -0.4 is 5.73 Å². The van der Waals surface area contributed by atoms with Gasteiger partial charge in [-0.15, -0.1) is 0 Å². The lowest BCUT2D eigenvalue weighted by Gasteiger charge is -2.67. The zero-order chi connectivity index (χ0) is 40.7. The summed E-state index contributed by atoms with van der Waals surface area (Å²) >= 11 is 0. The van der Waals surface area contributed by atoms with Crippen LogP contribution in [0.3, 0.4) is 0 Å². The fourth-order valence-corrected chi connectivity index (χ4v) is 12.7. The number of nitrogens with two attached hydrogens (primary N) is 1. The number of carboxylic acids is 1. The summed E-state index contributed by atoms with van der Waals surface area (Å²) in [6.45, 7) is 29.4. The van der Waals surface area contributed by atoms with E-state index in [1.807, 2.05) is 16.8 Å². The topological polar surface area (TPSA) is 136 Å². The van der Waals surface area contributed by atoms with Gasteiger partial charge in [-0.1, -0.05) is 87.8 Å². The first kappa shape index (κ1) is 42.0. The number of aliphatic hydroxyl groups excluding tert-OH is 1. The monoisotopic (exact) mass is 760 g/mol. The normalized spacial score (nSPS) is 37.2. The molecule has 2 heterocycles. The molecule has 4 aliphatic rings. The zero-order valence-electron chi connectivity index (χ0n) is 36.3. The highest BCUT2D eigenvalue weighted by Crippen LogP contribution is 2.78. The Bertz CT molecular complexity index is 1750. The Hall–Kier alpha value is -2.62. The van der Waals surface area contributed by atoms with Crippen molar-refractivity contribution in [2.45, 2.75) is 146 Å². The second-order valence-electron chi connectivity index (χ2n) is 21.4. The highest BCUT2D eigenvalue weighted by molar-refractivity contribution is 5.73. The second-order valence-corrected chi connectivity index (χ2v) is 21.4. The summed E-state index contributed by atoms with van der Waals surface area (Å²) in [7, 11) is 0. The number of rotatable bonds is 12. The van der Waals surface area contributed by atoms with E-state index in [1.54, 1.807) is 18.7 Å². The first-order valence-electron chi connectivity index (χ1n) is 21.2. The lowest BCUT2D eigenvalue weighted by Crippen LogP contribution is -2.64. The van der Waals surface area contributed by atoms with Crippen molar-refractivity contribution in [2.24, 2.45) is 73.7 Å². The van der Waals surface area contributed by atoms with E-state index in [1.165, 1.54) is 5.57 Å². The molecule has 9 heteroatoms. The molecule has 0 radical (unpaired) electrons. The molecular weight excluding hydrogens is 687 g/mol. The van der Waals surface area contributed by atoms with Gasteiger partial charge in [-0.3, -0.25) is 9.78 Å². The molecule has 1 spiro atoms. The molecule has 0 amide bonds. The van der Waals surface area contributed by atoms with E-state index in [2.05, 4.69) is 101 Å². The van der Waals surface area contributed by atoms with E-state index in [0.717, 1.165) is 49.9 Å². The maximum Gasteiger partial charge on any atom is 0.307 e. The van der Waals surface area contributed by atoms with Gasteiger partial charge in [0.05, 0.1) is 31.3 Å². The third kappa shape index (κ3) is 6.27. The van der Waals surface area contributed by atoms with E-state index >= 15 is 0 Å². The van der Waals surface area contributed by atoms with Gasteiger partial charge >= 0.3 is 5.97 Å². The van der Waals surface area contributed by atoms with Gasteiger partial charge in [0.25, 0.3) is 0 Å². The third-order valence-corrected chi connectivity index (χ3v) is 17.6. The van der Waals surface area contributed by atoms with Crippen LogP contribution in [-0.4, -0.2) is 60.8 Å². The Morgan fingerprint density at radius 2 is 1.67 bits per heavy atom. The molecule has 2 aromatic rings. The Morgan fingerprint density at radius 1 is 1.04 bits per heavy atom. The standard InChI is InChI=1S/C46H73N5O4/c1-28(2)30(4)41(9)20-21-43(11)33-14-15-35(46(24-29(46)3)34(33)16-19-44(43,12)36(41)39(53)54)42(10,25-52)37(55-26-45(13,47)40(6,7)8)31(5)51-38(49-27-50-51)32-17-22-48-23-18-32/h16-18,22-23,27-31,33,35-37,52H,14-15,19-21,24-26,47H2,1-13H3,(H,53,54)/t29-,30-,31-,33+,35+,36-,37+,41-,42?,43-,44+,45?,46+/m1/s1.